The molecule has 23 heavy (non-hydrogen) atoms. The molecule has 0 radical (unpaired) electrons. The minimum atomic E-state index is -0.568. The topological polar surface area (TPSA) is 78.6 Å². The normalized spacial score (nSPS) is 11.6. The van der Waals surface area contributed by atoms with E-state index >= 15 is 0 Å². The van der Waals surface area contributed by atoms with Crippen molar-refractivity contribution in [1.29, 1.82) is 0 Å². The molecular weight excluding hydrogens is 318 g/mol. The Kier molecular flexibility index (Phi) is 5.60. The number of ether oxygens (including phenoxy) is 2. The van der Waals surface area contributed by atoms with E-state index in [9.17, 15) is 9.59 Å². The molecule has 0 spiro atoms. The summed E-state index contributed by atoms with van der Waals surface area (Å²) in [5, 5.41) is 0.544. The Morgan fingerprint density at radius 2 is 1.78 bits per heavy atom. The van der Waals surface area contributed by atoms with Gasteiger partial charge < -0.3 is 15.2 Å². The van der Waals surface area contributed by atoms with E-state index in [1.165, 1.54) is 0 Å². The van der Waals surface area contributed by atoms with Crippen molar-refractivity contribution in [3.8, 4) is 5.75 Å². The molecular formula is C17H16ClNO4. The highest BCUT2D eigenvalue weighted by Gasteiger charge is 2.15. The molecule has 0 aromatic heterocycles. The average Bonchev–Trinajstić information content (AvgIpc) is 2.53. The van der Waals surface area contributed by atoms with Crippen molar-refractivity contribution in [2.45, 2.75) is 13.0 Å². The van der Waals surface area contributed by atoms with Crippen molar-refractivity contribution in [3.05, 3.63) is 64.7 Å². The number of benzene rings is 2. The highest BCUT2D eigenvalue weighted by molar-refractivity contribution is 6.31. The second-order valence-electron chi connectivity index (χ2n) is 4.85. The summed E-state index contributed by atoms with van der Waals surface area (Å²) in [5.74, 6) is -0.597. The first-order chi connectivity index (χ1) is 11.0. The first kappa shape index (κ1) is 16.8. The Labute approximate surface area is 139 Å². The molecule has 2 rings (SSSR count). The van der Waals surface area contributed by atoms with Gasteiger partial charge in [-0.05, 0) is 37.3 Å². The molecule has 0 fully saturated rings. The summed E-state index contributed by atoms with van der Waals surface area (Å²) < 4.78 is 10.5. The minimum absolute atomic E-state index is 0.215. The molecule has 5 nitrogen and oxygen atoms in total. The highest BCUT2D eigenvalue weighted by Crippen LogP contribution is 2.26. The van der Waals surface area contributed by atoms with Crippen molar-refractivity contribution in [2.24, 2.45) is 5.73 Å². The van der Waals surface area contributed by atoms with E-state index in [-0.39, 0.29) is 6.61 Å². The quantitative estimate of drug-likeness (QED) is 0.824. The number of halogens is 1. The average molecular weight is 334 g/mol. The van der Waals surface area contributed by atoms with Crippen molar-refractivity contribution in [2.75, 3.05) is 6.61 Å². The molecule has 0 heterocycles. The van der Waals surface area contributed by atoms with Gasteiger partial charge in [0.2, 0.25) is 0 Å². The van der Waals surface area contributed by atoms with Crippen LogP contribution < -0.4 is 10.5 Å². The van der Waals surface area contributed by atoms with Crippen LogP contribution >= 0.6 is 11.6 Å². The number of amides is 1. The van der Waals surface area contributed by atoms with E-state index in [0.717, 1.165) is 5.56 Å². The second-order valence-corrected chi connectivity index (χ2v) is 5.26. The van der Waals surface area contributed by atoms with Crippen molar-refractivity contribution in [3.63, 3.8) is 0 Å². The van der Waals surface area contributed by atoms with Crippen LogP contribution in [0.4, 0.5) is 0 Å². The summed E-state index contributed by atoms with van der Waals surface area (Å²) in [4.78, 5) is 22.8. The molecule has 6 heteroatoms. The van der Waals surface area contributed by atoms with Crippen molar-refractivity contribution >= 4 is 23.5 Å². The van der Waals surface area contributed by atoms with Crippen LogP contribution in [-0.4, -0.2) is 18.5 Å². The van der Waals surface area contributed by atoms with Crippen LogP contribution in [0.5, 0.6) is 5.75 Å². The number of hydrogen-bond acceptors (Lipinski definition) is 4. The molecule has 2 aromatic rings. The monoisotopic (exact) mass is 333 g/mol. The zero-order valence-corrected chi connectivity index (χ0v) is 13.2. The molecule has 1 unspecified atom stereocenters. The zero-order valence-electron chi connectivity index (χ0n) is 12.5. The summed E-state index contributed by atoms with van der Waals surface area (Å²) in [6.45, 7) is 1.54. The van der Waals surface area contributed by atoms with Gasteiger partial charge in [-0.1, -0.05) is 29.8 Å². The Balaban J connectivity index is 2.00. The lowest BCUT2D eigenvalue weighted by Crippen LogP contribution is -2.20. The molecule has 0 bridgehead atoms. The van der Waals surface area contributed by atoms with Crippen LogP contribution in [0.2, 0.25) is 5.02 Å². The van der Waals surface area contributed by atoms with E-state index < -0.39 is 18.0 Å². The number of hydrogen-bond donors (Lipinski definition) is 1. The molecule has 1 atom stereocenters. The fourth-order valence-corrected chi connectivity index (χ4v) is 2.23. The maximum Gasteiger partial charge on any atom is 0.338 e. The van der Waals surface area contributed by atoms with E-state index in [4.69, 9.17) is 26.8 Å². The zero-order chi connectivity index (χ0) is 16.8. The SMILES string of the molecule is CC(OC(=O)c1ccc(OCC(N)=O)cc1)c1ccccc1Cl. The maximum absolute atomic E-state index is 12.1. The lowest BCUT2D eigenvalue weighted by molar-refractivity contribution is -0.119. The van der Waals surface area contributed by atoms with Gasteiger partial charge in [0.25, 0.3) is 5.91 Å². The summed E-state index contributed by atoms with van der Waals surface area (Å²) in [7, 11) is 0. The Bertz CT molecular complexity index is 700. The van der Waals surface area contributed by atoms with Crippen LogP contribution in [0.15, 0.2) is 48.5 Å². The van der Waals surface area contributed by atoms with Crippen LogP contribution in [0.3, 0.4) is 0 Å². The molecule has 120 valence electrons. The second kappa shape index (κ2) is 7.65. The third kappa shape index (κ3) is 4.72. The first-order valence-corrected chi connectivity index (χ1v) is 7.31. The van der Waals surface area contributed by atoms with Gasteiger partial charge in [0.15, 0.2) is 6.61 Å². The molecule has 1 amide bonds. The largest absolute Gasteiger partial charge is 0.484 e. The van der Waals surface area contributed by atoms with E-state index in [0.29, 0.717) is 16.3 Å². The Morgan fingerprint density at radius 1 is 1.13 bits per heavy atom. The van der Waals surface area contributed by atoms with Gasteiger partial charge in [0, 0.05) is 10.6 Å². The number of esters is 1. The molecule has 0 aliphatic carbocycles. The third-order valence-electron chi connectivity index (χ3n) is 3.10. The number of primary amides is 1. The maximum atomic E-state index is 12.1. The Morgan fingerprint density at radius 3 is 2.39 bits per heavy atom. The number of nitrogens with two attached hydrogens (primary N) is 1. The van der Waals surface area contributed by atoms with Gasteiger partial charge in [-0.3, -0.25) is 4.79 Å². The first-order valence-electron chi connectivity index (χ1n) is 6.94. The number of carbonyl (C=O) groups excluding carboxylic acids is 2. The molecule has 2 aromatic carbocycles. The fourth-order valence-electron chi connectivity index (χ4n) is 1.94. The van der Waals surface area contributed by atoms with Gasteiger partial charge in [-0.25, -0.2) is 4.79 Å². The van der Waals surface area contributed by atoms with Gasteiger partial charge in [0.1, 0.15) is 11.9 Å². The highest BCUT2D eigenvalue weighted by atomic mass is 35.5. The van der Waals surface area contributed by atoms with Crippen LogP contribution in [0.25, 0.3) is 0 Å². The lowest BCUT2D eigenvalue weighted by atomic mass is 10.1. The molecule has 0 saturated carbocycles. The van der Waals surface area contributed by atoms with E-state index in [1.54, 1.807) is 43.3 Å². The number of carbonyl (C=O) groups is 2. The van der Waals surface area contributed by atoms with E-state index in [2.05, 4.69) is 0 Å². The van der Waals surface area contributed by atoms with Crippen LogP contribution in [0.1, 0.15) is 28.9 Å². The summed E-state index contributed by atoms with van der Waals surface area (Å²) in [5.41, 5.74) is 6.10. The van der Waals surface area contributed by atoms with Crippen molar-refractivity contribution < 1.29 is 19.1 Å². The summed E-state index contributed by atoms with van der Waals surface area (Å²) in [6.07, 6.45) is -0.470. The molecule has 0 aliphatic rings. The summed E-state index contributed by atoms with van der Waals surface area (Å²) >= 11 is 6.08. The predicted molar refractivity (Wildman–Crippen MR) is 86.4 cm³/mol. The standard InChI is InChI=1S/C17H16ClNO4/c1-11(14-4-2-3-5-15(14)18)23-17(21)12-6-8-13(9-7-12)22-10-16(19)20/h2-9,11H,10H2,1H3,(H2,19,20). The van der Waals surface area contributed by atoms with Gasteiger partial charge in [-0.15, -0.1) is 0 Å². The number of rotatable bonds is 6. The smallest absolute Gasteiger partial charge is 0.338 e. The molecule has 0 saturated heterocycles. The molecule has 2 N–H and O–H groups in total. The molecule has 0 aliphatic heterocycles. The fraction of sp³-hybridized carbons (Fsp3) is 0.176. The van der Waals surface area contributed by atoms with Crippen molar-refractivity contribution in [1.82, 2.24) is 0 Å². The minimum Gasteiger partial charge on any atom is -0.484 e. The summed E-state index contributed by atoms with van der Waals surface area (Å²) in [6, 6.07) is 13.4. The third-order valence-corrected chi connectivity index (χ3v) is 3.44. The van der Waals surface area contributed by atoms with Gasteiger partial charge in [-0.2, -0.15) is 0 Å². The van der Waals surface area contributed by atoms with E-state index in [1.807, 2.05) is 12.1 Å². The van der Waals surface area contributed by atoms with Gasteiger partial charge in [0.05, 0.1) is 5.56 Å². The lowest BCUT2D eigenvalue weighted by Gasteiger charge is -2.15. The predicted octanol–water partition coefficient (Wildman–Crippen LogP) is 3.12. The van der Waals surface area contributed by atoms with Crippen LogP contribution in [-0.2, 0) is 9.53 Å². The van der Waals surface area contributed by atoms with Gasteiger partial charge >= 0.3 is 5.97 Å². The van der Waals surface area contributed by atoms with Crippen LogP contribution in [0, 0.1) is 0 Å². The Hall–Kier alpha value is -2.53.